The molecule has 0 fully saturated rings. The smallest absolute Gasteiger partial charge is 0.0383 e. The average molecular weight is 225 g/mol. The Morgan fingerprint density at radius 1 is 0.625 bits per heavy atom. The van der Waals surface area contributed by atoms with Crippen LogP contribution < -0.4 is 0 Å². The highest BCUT2D eigenvalue weighted by Gasteiger charge is 2.08. The van der Waals surface area contributed by atoms with Gasteiger partial charge >= 0.3 is 0 Å². The molecule has 0 bridgehead atoms. The van der Waals surface area contributed by atoms with Crippen molar-refractivity contribution >= 4 is 0 Å². The lowest BCUT2D eigenvalue weighted by atomic mass is 9.89. The lowest BCUT2D eigenvalue weighted by Crippen LogP contribution is -2.03. The van der Waals surface area contributed by atoms with Crippen molar-refractivity contribution in [1.82, 2.24) is 0 Å². The van der Waals surface area contributed by atoms with Crippen LogP contribution in [-0.2, 0) is 0 Å². The zero-order valence-electron chi connectivity index (χ0n) is 12.0. The molecule has 0 aliphatic rings. The summed E-state index contributed by atoms with van der Waals surface area (Å²) in [4.78, 5) is 0. The molecule has 0 unspecified atom stereocenters. The Bertz CT molecular complexity index is 129. The summed E-state index contributed by atoms with van der Waals surface area (Å²) < 4.78 is 0. The van der Waals surface area contributed by atoms with Gasteiger partial charge in [0, 0.05) is 0 Å². The van der Waals surface area contributed by atoms with E-state index in [1.54, 1.807) is 0 Å². The summed E-state index contributed by atoms with van der Waals surface area (Å²) in [6.45, 7) is 10.9. The van der Waals surface area contributed by atoms with Gasteiger partial charge in [-0.15, -0.1) is 0 Å². The molecule has 0 N–H and O–H groups in total. The first-order chi connectivity index (χ1) is 7.56. The summed E-state index contributed by atoms with van der Waals surface area (Å²) in [6.07, 6.45) is 15.3. The minimum Gasteiger partial charge on any atom is -0.0602 e. The van der Waals surface area contributed by atoms with Crippen LogP contribution in [-0.4, -0.2) is 0 Å². The van der Waals surface area contributed by atoms with E-state index in [1.807, 2.05) is 0 Å². The first-order valence-electron chi connectivity index (χ1n) is 7.35. The molecule has 0 aromatic rings. The van der Waals surface area contributed by atoms with Gasteiger partial charge in [-0.25, -0.2) is 0 Å². The van der Waals surface area contributed by atoms with Crippen molar-refractivity contribution in [1.29, 1.82) is 0 Å². The van der Waals surface area contributed by atoms with E-state index >= 15 is 0 Å². The van der Waals surface area contributed by atoms with Crippen molar-refractivity contribution in [2.75, 3.05) is 0 Å². The molecule has 0 aromatic carbocycles. The van der Waals surface area contributed by atoms with Gasteiger partial charge in [0.15, 0.2) is 0 Å². The third-order valence-corrected chi connectivity index (χ3v) is 3.18. The lowest BCUT2D eigenvalue weighted by Gasteiger charge is -2.17. The van der Waals surface area contributed by atoms with E-state index in [-0.39, 0.29) is 0 Å². The summed E-state index contributed by atoms with van der Waals surface area (Å²) in [5, 5.41) is 0. The van der Waals surface area contributed by atoms with Gasteiger partial charge in [-0.2, -0.15) is 0 Å². The molecule has 0 rings (SSSR count). The van der Waals surface area contributed by atoms with Gasteiger partial charge in [-0.05, 0) is 11.8 Å². The summed E-state index contributed by atoms with van der Waals surface area (Å²) in [6, 6.07) is 0. The molecule has 0 amide bonds. The highest BCUT2D eigenvalue weighted by molar-refractivity contribution is 4.61. The van der Waals surface area contributed by atoms with Crippen molar-refractivity contribution in [3.63, 3.8) is 0 Å². The van der Waals surface area contributed by atoms with Crippen LogP contribution >= 0.6 is 0 Å². The molecule has 16 heavy (non-hydrogen) atoms. The van der Waals surface area contributed by atoms with Crippen LogP contribution in [0.1, 0.15) is 91.4 Å². The van der Waals surface area contributed by atoms with Crippen LogP contribution in [0, 0.1) is 12.3 Å². The molecule has 0 heteroatoms. The average Bonchev–Trinajstić information content (AvgIpc) is 2.19. The van der Waals surface area contributed by atoms with E-state index in [9.17, 15) is 0 Å². The van der Waals surface area contributed by atoms with Gasteiger partial charge in [-0.3, -0.25) is 0 Å². The van der Waals surface area contributed by atoms with Gasteiger partial charge < -0.3 is 0 Å². The summed E-state index contributed by atoms with van der Waals surface area (Å²) in [7, 11) is 0. The third kappa shape index (κ3) is 14.0. The molecule has 0 nitrogen and oxygen atoms in total. The zero-order valence-corrected chi connectivity index (χ0v) is 12.0. The minimum absolute atomic E-state index is 0.536. The number of rotatable bonds is 10. The predicted octanol–water partition coefficient (Wildman–Crippen LogP) is 6.16. The van der Waals surface area contributed by atoms with E-state index < -0.39 is 0 Å². The summed E-state index contributed by atoms with van der Waals surface area (Å²) in [5.41, 5.74) is 0.536. The van der Waals surface area contributed by atoms with E-state index in [1.165, 1.54) is 64.2 Å². The van der Waals surface area contributed by atoms with Crippen LogP contribution in [0.5, 0.6) is 0 Å². The van der Waals surface area contributed by atoms with Crippen molar-refractivity contribution in [2.24, 2.45) is 5.41 Å². The van der Waals surface area contributed by atoms with Gasteiger partial charge in [-0.1, -0.05) is 91.9 Å². The van der Waals surface area contributed by atoms with Crippen LogP contribution in [0.3, 0.4) is 0 Å². The molecule has 0 heterocycles. The largest absolute Gasteiger partial charge is 0.0602 e. The van der Waals surface area contributed by atoms with Crippen molar-refractivity contribution in [2.45, 2.75) is 91.4 Å². The van der Waals surface area contributed by atoms with E-state index in [2.05, 4.69) is 27.7 Å². The summed E-state index contributed by atoms with van der Waals surface area (Å²) >= 11 is 0. The van der Waals surface area contributed by atoms with Crippen LogP contribution in [0.25, 0.3) is 0 Å². The maximum Gasteiger partial charge on any atom is -0.0383 e. The van der Waals surface area contributed by atoms with Crippen molar-refractivity contribution < 1.29 is 0 Å². The molecule has 0 spiro atoms. The van der Waals surface area contributed by atoms with Crippen molar-refractivity contribution in [3.8, 4) is 0 Å². The molecule has 0 saturated heterocycles. The van der Waals surface area contributed by atoms with Crippen LogP contribution in [0.2, 0.25) is 0 Å². The Balaban J connectivity index is 2.99. The van der Waals surface area contributed by atoms with Gasteiger partial charge in [0.1, 0.15) is 0 Å². The van der Waals surface area contributed by atoms with E-state index in [0.717, 1.165) is 6.42 Å². The standard InChI is InChI=1S/C16H33/c1-5-6-7-8-9-10-11-12-13-14-15-16(2,3)4/h1,5-15H2,2-4H3. The lowest BCUT2D eigenvalue weighted by molar-refractivity contribution is 0.356. The normalized spacial score (nSPS) is 12.0. The second kappa shape index (κ2) is 10.2. The molecular weight excluding hydrogens is 192 g/mol. The Labute approximate surface area is 104 Å². The van der Waals surface area contributed by atoms with Crippen LogP contribution in [0.15, 0.2) is 0 Å². The third-order valence-electron chi connectivity index (χ3n) is 3.18. The fourth-order valence-electron chi connectivity index (χ4n) is 2.07. The molecular formula is C16H33. The molecule has 0 aliphatic carbocycles. The summed E-state index contributed by atoms with van der Waals surface area (Å²) in [5.74, 6) is 0. The Kier molecular flexibility index (Phi) is 10.2. The maximum absolute atomic E-state index is 3.87. The quantitative estimate of drug-likeness (QED) is 0.391. The number of unbranched alkanes of at least 4 members (excludes halogenated alkanes) is 9. The predicted molar refractivity (Wildman–Crippen MR) is 75.6 cm³/mol. The van der Waals surface area contributed by atoms with Crippen molar-refractivity contribution in [3.05, 3.63) is 6.92 Å². The SMILES string of the molecule is [CH2]CCCCCCCCCCCC(C)(C)C. The van der Waals surface area contributed by atoms with Gasteiger partial charge in [0.05, 0.1) is 0 Å². The molecule has 1 radical (unpaired) electrons. The Hall–Kier alpha value is 0. The highest BCUT2D eigenvalue weighted by Crippen LogP contribution is 2.22. The fourth-order valence-corrected chi connectivity index (χ4v) is 2.07. The number of hydrogen-bond acceptors (Lipinski definition) is 0. The zero-order chi connectivity index (χ0) is 12.3. The Morgan fingerprint density at radius 2 is 1.00 bits per heavy atom. The Morgan fingerprint density at radius 3 is 1.38 bits per heavy atom. The first kappa shape index (κ1) is 16.0. The topological polar surface area (TPSA) is 0 Å². The minimum atomic E-state index is 0.536. The molecule has 97 valence electrons. The van der Waals surface area contributed by atoms with Crippen LogP contribution in [0.4, 0.5) is 0 Å². The van der Waals surface area contributed by atoms with Gasteiger partial charge in [0.2, 0.25) is 0 Å². The molecule has 0 aromatic heterocycles. The van der Waals surface area contributed by atoms with Gasteiger partial charge in [0.25, 0.3) is 0 Å². The highest BCUT2D eigenvalue weighted by atomic mass is 14.1. The second-order valence-corrected chi connectivity index (χ2v) is 6.35. The number of hydrogen-bond donors (Lipinski definition) is 0. The molecule has 0 atom stereocenters. The maximum atomic E-state index is 3.87. The molecule has 0 aliphatic heterocycles. The monoisotopic (exact) mass is 225 g/mol. The first-order valence-corrected chi connectivity index (χ1v) is 7.35. The fraction of sp³-hybridized carbons (Fsp3) is 0.938. The molecule has 0 saturated carbocycles. The van der Waals surface area contributed by atoms with E-state index in [0.29, 0.717) is 5.41 Å². The second-order valence-electron chi connectivity index (χ2n) is 6.35. The van der Waals surface area contributed by atoms with E-state index in [4.69, 9.17) is 0 Å².